The average Bonchev–Trinajstić information content (AvgIpc) is 3.13. The van der Waals surface area contributed by atoms with Gasteiger partial charge in [0.15, 0.2) is 0 Å². The Balaban J connectivity index is 1.57. The van der Waals surface area contributed by atoms with E-state index < -0.39 is 0 Å². The van der Waals surface area contributed by atoms with Gasteiger partial charge in [-0.25, -0.2) is 0 Å². The smallest absolute Gasteiger partial charge is 0.289 e. The zero-order chi connectivity index (χ0) is 17.5. The Morgan fingerprint density at radius 2 is 2.40 bits per heavy atom. The normalized spacial score (nSPS) is 18.2. The second-order valence-corrected chi connectivity index (χ2v) is 6.26. The van der Waals surface area contributed by atoms with E-state index in [9.17, 15) is 4.79 Å². The minimum Gasteiger partial charge on any atom is -0.383 e. The molecule has 1 fully saturated rings. The zero-order valence-corrected chi connectivity index (χ0v) is 14.5. The highest BCUT2D eigenvalue weighted by Gasteiger charge is 2.25. The van der Waals surface area contributed by atoms with Crippen LogP contribution in [0.4, 0.5) is 0 Å². The topological polar surface area (TPSA) is 80.5 Å². The first-order valence-electron chi connectivity index (χ1n) is 8.62. The Kier molecular flexibility index (Phi) is 6.14. The summed E-state index contributed by atoms with van der Waals surface area (Å²) in [7, 11) is 1.60. The molecule has 1 aliphatic rings. The van der Waals surface area contributed by atoms with Gasteiger partial charge in [-0.3, -0.25) is 14.7 Å². The highest BCUT2D eigenvalue weighted by atomic mass is 16.5. The number of rotatable bonds is 7. The third kappa shape index (κ3) is 4.87. The molecule has 0 bridgehead atoms. The van der Waals surface area contributed by atoms with Crippen LogP contribution in [0.1, 0.15) is 40.7 Å². The molecule has 7 heteroatoms. The molecule has 0 spiro atoms. The first-order valence-corrected chi connectivity index (χ1v) is 8.62. The Labute approximate surface area is 147 Å². The first kappa shape index (κ1) is 17.6. The van der Waals surface area contributed by atoms with Crippen molar-refractivity contribution in [3.8, 4) is 0 Å². The lowest BCUT2D eigenvalue weighted by molar-refractivity contribution is 0.0900. The molecule has 0 radical (unpaired) electrons. The number of carbonyl (C=O) groups is 1. The Morgan fingerprint density at radius 3 is 3.20 bits per heavy atom. The predicted octanol–water partition coefficient (Wildman–Crippen LogP) is 1.83. The number of hydrogen-bond donors (Lipinski definition) is 1. The third-order valence-corrected chi connectivity index (χ3v) is 4.38. The van der Waals surface area contributed by atoms with Crippen LogP contribution in [0.2, 0.25) is 0 Å². The van der Waals surface area contributed by atoms with Crippen LogP contribution in [0.25, 0.3) is 0 Å². The number of nitrogens with zero attached hydrogens (tertiary/aromatic N) is 3. The summed E-state index contributed by atoms with van der Waals surface area (Å²) >= 11 is 0. The molecular formula is C18H24N4O3. The molecule has 134 valence electrons. The summed E-state index contributed by atoms with van der Waals surface area (Å²) in [5.41, 5.74) is 1.92. The number of pyridine rings is 1. The molecule has 3 rings (SSSR count). The van der Waals surface area contributed by atoms with Gasteiger partial charge >= 0.3 is 0 Å². The fourth-order valence-electron chi connectivity index (χ4n) is 3.10. The SMILES string of the molecule is COCCNC(=O)c1cc(C2CCCN(Cc3ccccn3)C2)no1. The number of amides is 1. The quantitative estimate of drug-likeness (QED) is 0.772. The Bertz CT molecular complexity index is 674. The van der Waals surface area contributed by atoms with Gasteiger partial charge < -0.3 is 14.6 Å². The molecule has 1 unspecified atom stereocenters. The number of methoxy groups -OCH3 is 1. The second-order valence-electron chi connectivity index (χ2n) is 6.26. The number of hydrogen-bond acceptors (Lipinski definition) is 6. The van der Waals surface area contributed by atoms with Crippen LogP contribution in [0.5, 0.6) is 0 Å². The van der Waals surface area contributed by atoms with Crippen LogP contribution in [-0.4, -0.2) is 54.3 Å². The summed E-state index contributed by atoms with van der Waals surface area (Å²) < 4.78 is 10.1. The van der Waals surface area contributed by atoms with Crippen molar-refractivity contribution in [2.45, 2.75) is 25.3 Å². The van der Waals surface area contributed by atoms with Crippen LogP contribution >= 0.6 is 0 Å². The molecule has 2 aromatic rings. The van der Waals surface area contributed by atoms with Crippen molar-refractivity contribution in [3.05, 3.63) is 47.6 Å². The average molecular weight is 344 g/mol. The number of ether oxygens (including phenoxy) is 1. The Morgan fingerprint density at radius 1 is 1.48 bits per heavy atom. The van der Waals surface area contributed by atoms with E-state index in [0.717, 1.165) is 43.9 Å². The van der Waals surface area contributed by atoms with Gasteiger partial charge in [-0.05, 0) is 31.5 Å². The number of carbonyl (C=O) groups excluding carboxylic acids is 1. The molecule has 0 aromatic carbocycles. The molecule has 1 aliphatic heterocycles. The summed E-state index contributed by atoms with van der Waals surface area (Å²) in [6.45, 7) is 3.70. The predicted molar refractivity (Wildman–Crippen MR) is 92.2 cm³/mol. The van der Waals surface area contributed by atoms with Crippen molar-refractivity contribution in [1.82, 2.24) is 20.4 Å². The fourth-order valence-corrected chi connectivity index (χ4v) is 3.10. The number of likely N-dealkylation sites (tertiary alicyclic amines) is 1. The van der Waals surface area contributed by atoms with E-state index in [-0.39, 0.29) is 17.6 Å². The summed E-state index contributed by atoms with van der Waals surface area (Å²) in [6, 6.07) is 7.74. The van der Waals surface area contributed by atoms with Gasteiger partial charge in [-0.1, -0.05) is 11.2 Å². The maximum atomic E-state index is 12.0. The molecule has 3 heterocycles. The fraction of sp³-hybridized carbons (Fsp3) is 0.500. The van der Waals surface area contributed by atoms with E-state index in [1.165, 1.54) is 0 Å². The van der Waals surface area contributed by atoms with Gasteiger partial charge in [0.25, 0.3) is 5.91 Å². The van der Waals surface area contributed by atoms with E-state index in [0.29, 0.717) is 13.2 Å². The van der Waals surface area contributed by atoms with Crippen molar-refractivity contribution in [2.75, 3.05) is 33.4 Å². The van der Waals surface area contributed by atoms with Gasteiger partial charge in [0.2, 0.25) is 5.76 Å². The molecule has 1 N–H and O–H groups in total. The van der Waals surface area contributed by atoms with Crippen molar-refractivity contribution < 1.29 is 14.1 Å². The molecule has 1 atom stereocenters. The number of piperidine rings is 1. The molecule has 2 aromatic heterocycles. The molecule has 7 nitrogen and oxygen atoms in total. The van der Waals surface area contributed by atoms with Gasteiger partial charge in [0, 0.05) is 44.9 Å². The van der Waals surface area contributed by atoms with Gasteiger partial charge in [-0.2, -0.15) is 0 Å². The molecular weight excluding hydrogens is 320 g/mol. The molecule has 0 saturated carbocycles. The van der Waals surface area contributed by atoms with Crippen LogP contribution in [-0.2, 0) is 11.3 Å². The largest absolute Gasteiger partial charge is 0.383 e. The first-order chi connectivity index (χ1) is 12.3. The lowest BCUT2D eigenvalue weighted by Crippen LogP contribution is -2.34. The summed E-state index contributed by atoms with van der Waals surface area (Å²) in [5, 5.41) is 6.86. The van der Waals surface area contributed by atoms with E-state index in [2.05, 4.69) is 20.4 Å². The minimum atomic E-state index is -0.253. The highest BCUT2D eigenvalue weighted by Crippen LogP contribution is 2.27. The summed E-state index contributed by atoms with van der Waals surface area (Å²) in [5.74, 6) is 0.284. The van der Waals surface area contributed by atoms with E-state index in [1.807, 2.05) is 24.4 Å². The molecule has 1 saturated heterocycles. The molecule has 1 amide bonds. The third-order valence-electron chi connectivity index (χ3n) is 4.38. The van der Waals surface area contributed by atoms with Crippen molar-refractivity contribution in [3.63, 3.8) is 0 Å². The minimum absolute atomic E-state index is 0.253. The Hall–Kier alpha value is -2.25. The standard InChI is InChI=1S/C18H24N4O3/c1-24-10-8-20-18(23)17-11-16(21-25-17)14-5-4-9-22(12-14)13-15-6-2-3-7-19-15/h2-3,6-7,11,14H,4-5,8-10,12-13H2,1H3,(H,20,23). The van der Waals surface area contributed by atoms with Crippen LogP contribution < -0.4 is 5.32 Å². The molecule has 25 heavy (non-hydrogen) atoms. The zero-order valence-electron chi connectivity index (χ0n) is 14.5. The monoisotopic (exact) mass is 344 g/mol. The highest BCUT2D eigenvalue weighted by molar-refractivity contribution is 5.91. The van der Waals surface area contributed by atoms with Gasteiger partial charge in [-0.15, -0.1) is 0 Å². The maximum Gasteiger partial charge on any atom is 0.289 e. The number of aromatic nitrogens is 2. The van der Waals surface area contributed by atoms with Crippen molar-refractivity contribution in [2.24, 2.45) is 0 Å². The number of nitrogens with one attached hydrogen (secondary N) is 1. The summed E-state index contributed by atoms with van der Waals surface area (Å²) in [6.07, 6.45) is 3.97. The van der Waals surface area contributed by atoms with E-state index in [4.69, 9.17) is 9.26 Å². The lowest BCUT2D eigenvalue weighted by Gasteiger charge is -2.31. The van der Waals surface area contributed by atoms with Crippen LogP contribution in [0.3, 0.4) is 0 Å². The van der Waals surface area contributed by atoms with Crippen LogP contribution in [0, 0.1) is 0 Å². The maximum absolute atomic E-state index is 12.0. The van der Waals surface area contributed by atoms with Crippen molar-refractivity contribution >= 4 is 5.91 Å². The van der Waals surface area contributed by atoms with E-state index >= 15 is 0 Å². The van der Waals surface area contributed by atoms with Gasteiger partial charge in [0.1, 0.15) is 0 Å². The van der Waals surface area contributed by atoms with Gasteiger partial charge in [0.05, 0.1) is 18.0 Å². The lowest BCUT2D eigenvalue weighted by atomic mass is 9.94. The summed E-state index contributed by atoms with van der Waals surface area (Å²) in [4.78, 5) is 18.8. The van der Waals surface area contributed by atoms with E-state index in [1.54, 1.807) is 13.2 Å². The van der Waals surface area contributed by atoms with Crippen molar-refractivity contribution in [1.29, 1.82) is 0 Å². The molecule has 0 aliphatic carbocycles. The van der Waals surface area contributed by atoms with Crippen LogP contribution in [0.15, 0.2) is 35.0 Å². The second kappa shape index (κ2) is 8.73.